The van der Waals surface area contributed by atoms with Gasteiger partial charge in [0, 0.05) is 32.5 Å². The van der Waals surface area contributed by atoms with E-state index >= 15 is 0 Å². The molecule has 0 saturated heterocycles. The van der Waals surface area contributed by atoms with E-state index in [0.29, 0.717) is 4.68 Å². The number of nitrogens with zero attached hydrogens (tertiary/aromatic N) is 2. The predicted molar refractivity (Wildman–Crippen MR) is 92.8 cm³/mol. The second-order valence-corrected chi connectivity index (χ2v) is 6.94. The van der Waals surface area contributed by atoms with Gasteiger partial charge in [0.15, 0.2) is 11.5 Å². The molecule has 0 radical (unpaired) electrons. The highest BCUT2D eigenvalue weighted by Gasteiger charge is 2.61. The van der Waals surface area contributed by atoms with Crippen LogP contribution in [0.25, 0.3) is 0 Å². The van der Waals surface area contributed by atoms with Gasteiger partial charge in [0.25, 0.3) is 0 Å². The number of Topliss-reactive ketones (excluding diaryl/α,β-unsaturated/α-hetero) is 1. The minimum atomic E-state index is -5.89. The van der Waals surface area contributed by atoms with E-state index in [-0.39, 0.29) is 17.7 Å². The first-order valence-corrected chi connectivity index (χ1v) is 8.77. The minimum absolute atomic E-state index is 0.0823. The largest absolute Gasteiger partial charge is 0.459 e. The van der Waals surface area contributed by atoms with Crippen molar-refractivity contribution in [2.24, 2.45) is 7.05 Å². The summed E-state index contributed by atoms with van der Waals surface area (Å²) in [6.45, 7) is 1.10. The van der Waals surface area contributed by atoms with E-state index in [0.717, 1.165) is 13.1 Å². The van der Waals surface area contributed by atoms with Crippen LogP contribution in [0.2, 0.25) is 0 Å². The maximum Gasteiger partial charge on any atom is 0.459 e. The number of ketones is 1. The van der Waals surface area contributed by atoms with Gasteiger partial charge in [0.05, 0.1) is 4.47 Å². The van der Waals surface area contributed by atoms with Crippen molar-refractivity contribution >= 4 is 27.6 Å². The van der Waals surface area contributed by atoms with Crippen LogP contribution in [0.5, 0.6) is 0 Å². The Balaban J connectivity index is 2.33. The molecule has 0 bridgehead atoms. The SMILES string of the molecule is CC(=O)NCc1cc(CC(=O)c2c(Br)c(C(F)(F)C(F)(F)F)nn2C)ccc1F. The fourth-order valence-electron chi connectivity index (χ4n) is 2.50. The first kappa shape index (κ1) is 22.9. The summed E-state index contributed by atoms with van der Waals surface area (Å²) in [5.41, 5.74) is -1.76. The number of aryl methyl sites for hydroxylation is 1. The van der Waals surface area contributed by atoms with Crippen LogP contribution in [0.1, 0.15) is 34.2 Å². The number of benzene rings is 1. The summed E-state index contributed by atoms with van der Waals surface area (Å²) in [6, 6.07) is 3.61. The Morgan fingerprint density at radius 1 is 1.21 bits per heavy atom. The van der Waals surface area contributed by atoms with Gasteiger partial charge >= 0.3 is 12.1 Å². The molecule has 12 heteroatoms. The Kier molecular flexibility index (Phi) is 6.45. The van der Waals surface area contributed by atoms with Gasteiger partial charge in [0.1, 0.15) is 11.5 Å². The number of carbonyl (C=O) groups is 2. The van der Waals surface area contributed by atoms with Crippen molar-refractivity contribution in [2.75, 3.05) is 0 Å². The molecule has 2 aromatic rings. The standard InChI is InChI=1S/C17H14BrF6N3O2/c1-8(28)25-7-10-5-9(3-4-11(10)19)6-12(29)14-13(18)15(26-27(14)2)16(20,21)17(22,23)24/h3-5H,6-7H2,1-2H3,(H,25,28). The number of nitrogens with one attached hydrogen (secondary N) is 1. The van der Waals surface area contributed by atoms with Gasteiger partial charge in [-0.3, -0.25) is 14.3 Å². The van der Waals surface area contributed by atoms with Crippen LogP contribution in [-0.4, -0.2) is 27.6 Å². The minimum Gasteiger partial charge on any atom is -0.352 e. The molecule has 1 N–H and O–H groups in total. The first-order valence-electron chi connectivity index (χ1n) is 7.98. The molecule has 29 heavy (non-hydrogen) atoms. The van der Waals surface area contributed by atoms with E-state index in [4.69, 9.17) is 0 Å². The van der Waals surface area contributed by atoms with Gasteiger partial charge < -0.3 is 5.32 Å². The van der Waals surface area contributed by atoms with Crippen LogP contribution in [0.15, 0.2) is 22.7 Å². The van der Waals surface area contributed by atoms with Gasteiger partial charge in [-0.15, -0.1) is 0 Å². The maximum atomic E-state index is 13.8. The fourth-order valence-corrected chi connectivity index (χ4v) is 3.30. The Hall–Kier alpha value is -2.37. The lowest BCUT2D eigenvalue weighted by atomic mass is 10.0. The highest BCUT2D eigenvalue weighted by atomic mass is 79.9. The normalized spacial score (nSPS) is 12.2. The van der Waals surface area contributed by atoms with Gasteiger partial charge in [-0.1, -0.05) is 12.1 Å². The number of aromatic nitrogens is 2. The molecule has 0 aliphatic heterocycles. The monoisotopic (exact) mass is 485 g/mol. The fraction of sp³-hybridized carbons (Fsp3) is 0.353. The second kappa shape index (κ2) is 8.17. The lowest BCUT2D eigenvalue weighted by Crippen LogP contribution is -2.34. The third-order valence-electron chi connectivity index (χ3n) is 3.91. The summed E-state index contributed by atoms with van der Waals surface area (Å²) in [4.78, 5) is 23.5. The summed E-state index contributed by atoms with van der Waals surface area (Å²) in [5.74, 6) is -7.11. The molecule has 158 valence electrons. The summed E-state index contributed by atoms with van der Waals surface area (Å²) in [7, 11) is 1.06. The zero-order chi connectivity index (χ0) is 22.1. The smallest absolute Gasteiger partial charge is 0.352 e. The number of hydrogen-bond donors (Lipinski definition) is 1. The number of carbonyl (C=O) groups excluding carboxylic acids is 2. The predicted octanol–water partition coefficient (Wildman–Crippen LogP) is 4.04. The number of alkyl halides is 5. The molecule has 0 aliphatic carbocycles. The van der Waals surface area contributed by atoms with Crippen molar-refractivity contribution in [3.63, 3.8) is 0 Å². The molecule has 1 amide bonds. The summed E-state index contributed by atoms with van der Waals surface area (Å²) in [5, 5.41) is 5.55. The number of hydrogen-bond acceptors (Lipinski definition) is 3. The molecule has 2 rings (SSSR count). The lowest BCUT2D eigenvalue weighted by Gasteiger charge is -2.17. The molecular formula is C17H14BrF6N3O2. The zero-order valence-corrected chi connectivity index (χ0v) is 16.6. The van der Waals surface area contributed by atoms with Crippen LogP contribution in [0, 0.1) is 5.82 Å². The maximum absolute atomic E-state index is 13.8. The summed E-state index contributed by atoms with van der Waals surface area (Å²) >= 11 is 2.62. The van der Waals surface area contributed by atoms with E-state index in [9.17, 15) is 35.9 Å². The van der Waals surface area contributed by atoms with E-state index in [1.807, 2.05) is 0 Å². The van der Waals surface area contributed by atoms with Crippen LogP contribution >= 0.6 is 15.9 Å². The van der Waals surface area contributed by atoms with Gasteiger partial charge in [-0.25, -0.2) is 4.39 Å². The van der Waals surface area contributed by atoms with E-state index in [2.05, 4.69) is 26.3 Å². The van der Waals surface area contributed by atoms with Crippen LogP contribution in [0.4, 0.5) is 26.3 Å². The first-order chi connectivity index (χ1) is 13.3. The van der Waals surface area contributed by atoms with Crippen molar-refractivity contribution in [2.45, 2.75) is 32.0 Å². The highest BCUT2D eigenvalue weighted by Crippen LogP contribution is 2.46. The molecule has 0 unspecified atom stereocenters. The number of amides is 1. The molecule has 0 spiro atoms. The molecule has 0 saturated carbocycles. The molecule has 0 aliphatic rings. The quantitative estimate of drug-likeness (QED) is 0.496. The van der Waals surface area contributed by atoms with Gasteiger partial charge in [-0.05, 0) is 27.6 Å². The summed E-state index contributed by atoms with van der Waals surface area (Å²) < 4.78 is 78.8. The molecule has 5 nitrogen and oxygen atoms in total. The van der Waals surface area contributed by atoms with Crippen molar-refractivity contribution < 1.29 is 35.9 Å². The van der Waals surface area contributed by atoms with E-state index in [1.165, 1.54) is 19.1 Å². The average Bonchev–Trinajstić information content (AvgIpc) is 2.89. The van der Waals surface area contributed by atoms with Crippen LogP contribution < -0.4 is 5.32 Å². The Labute approximate surface area is 169 Å². The molecule has 1 heterocycles. The van der Waals surface area contributed by atoms with Gasteiger partial charge in [0.2, 0.25) is 5.91 Å². The van der Waals surface area contributed by atoms with Crippen molar-refractivity contribution in [3.05, 3.63) is 51.0 Å². The number of halogens is 7. The Morgan fingerprint density at radius 3 is 2.38 bits per heavy atom. The molecule has 0 atom stereocenters. The molecular weight excluding hydrogens is 472 g/mol. The third-order valence-corrected chi connectivity index (χ3v) is 4.66. The van der Waals surface area contributed by atoms with E-state index in [1.54, 1.807) is 0 Å². The lowest BCUT2D eigenvalue weighted by molar-refractivity contribution is -0.291. The van der Waals surface area contributed by atoms with Crippen LogP contribution in [0.3, 0.4) is 0 Å². The molecule has 0 fully saturated rings. The molecule has 1 aromatic heterocycles. The topological polar surface area (TPSA) is 64.0 Å². The van der Waals surface area contributed by atoms with Crippen LogP contribution in [-0.2, 0) is 30.7 Å². The third kappa shape index (κ3) is 4.80. The Bertz CT molecular complexity index is 955. The van der Waals surface area contributed by atoms with Crippen molar-refractivity contribution in [3.8, 4) is 0 Å². The average molecular weight is 486 g/mol. The van der Waals surface area contributed by atoms with Crippen molar-refractivity contribution in [1.29, 1.82) is 0 Å². The molecule has 1 aromatic carbocycles. The Morgan fingerprint density at radius 2 is 1.83 bits per heavy atom. The van der Waals surface area contributed by atoms with Gasteiger partial charge in [-0.2, -0.15) is 27.1 Å². The zero-order valence-electron chi connectivity index (χ0n) is 15.0. The highest BCUT2D eigenvalue weighted by molar-refractivity contribution is 9.10. The van der Waals surface area contributed by atoms with E-state index < -0.39 is 51.9 Å². The summed E-state index contributed by atoms with van der Waals surface area (Å²) in [6.07, 6.45) is -6.30. The van der Waals surface area contributed by atoms with Crippen molar-refractivity contribution in [1.82, 2.24) is 15.1 Å². The second-order valence-electron chi connectivity index (χ2n) is 6.14. The number of rotatable bonds is 6.